The monoisotopic (exact) mass is 343 g/mol. The Morgan fingerprint density at radius 1 is 1.40 bits per heavy atom. The minimum Gasteiger partial charge on any atom is -0.484 e. The Morgan fingerprint density at radius 2 is 2.20 bits per heavy atom. The number of oxazole rings is 1. The number of piperidine rings is 1. The standard InChI is InChI=1S/C19H25N3O3/c1-21-10-6-7-15(11-21)12-22(2)19(23)17-13-25-18(20-17)14-24-16-8-4-3-5-9-16/h3-5,8-9,13,15H,6-7,10-12,14H2,1-2H3/t15-/m1/s1. The third kappa shape index (κ3) is 4.82. The average molecular weight is 343 g/mol. The number of hydrogen-bond acceptors (Lipinski definition) is 5. The highest BCUT2D eigenvalue weighted by atomic mass is 16.5. The Bertz CT molecular complexity index is 686. The second kappa shape index (κ2) is 8.16. The smallest absolute Gasteiger partial charge is 0.275 e. The van der Waals surface area contributed by atoms with E-state index < -0.39 is 0 Å². The summed E-state index contributed by atoms with van der Waals surface area (Å²) in [4.78, 5) is 20.9. The van der Waals surface area contributed by atoms with Gasteiger partial charge >= 0.3 is 0 Å². The van der Waals surface area contributed by atoms with E-state index in [4.69, 9.17) is 9.15 Å². The Balaban J connectivity index is 1.52. The summed E-state index contributed by atoms with van der Waals surface area (Å²) in [5.41, 5.74) is 0.332. The zero-order chi connectivity index (χ0) is 17.6. The van der Waals surface area contributed by atoms with Gasteiger partial charge < -0.3 is 19.0 Å². The van der Waals surface area contributed by atoms with Gasteiger partial charge in [0.25, 0.3) is 5.91 Å². The van der Waals surface area contributed by atoms with E-state index in [-0.39, 0.29) is 12.5 Å². The molecule has 134 valence electrons. The van der Waals surface area contributed by atoms with Crippen LogP contribution < -0.4 is 4.74 Å². The number of carbonyl (C=O) groups excluding carboxylic acids is 1. The van der Waals surface area contributed by atoms with Crippen molar-refractivity contribution in [1.29, 1.82) is 0 Å². The minimum atomic E-state index is -0.108. The number of carbonyl (C=O) groups is 1. The van der Waals surface area contributed by atoms with Crippen molar-refractivity contribution in [3.8, 4) is 5.75 Å². The van der Waals surface area contributed by atoms with Crippen molar-refractivity contribution in [2.45, 2.75) is 19.4 Å². The summed E-state index contributed by atoms with van der Waals surface area (Å²) in [5.74, 6) is 1.55. The molecule has 1 atom stereocenters. The highest BCUT2D eigenvalue weighted by Crippen LogP contribution is 2.17. The fourth-order valence-electron chi connectivity index (χ4n) is 3.23. The van der Waals surface area contributed by atoms with Gasteiger partial charge in [0, 0.05) is 20.1 Å². The van der Waals surface area contributed by atoms with Crippen LogP contribution in [0.2, 0.25) is 0 Å². The van der Waals surface area contributed by atoms with E-state index in [0.717, 1.165) is 31.8 Å². The average Bonchev–Trinajstić information content (AvgIpc) is 3.09. The number of likely N-dealkylation sites (tertiary alicyclic amines) is 1. The third-order valence-electron chi connectivity index (χ3n) is 4.48. The normalized spacial score (nSPS) is 18.1. The zero-order valence-corrected chi connectivity index (χ0v) is 14.9. The summed E-state index contributed by atoms with van der Waals surface area (Å²) >= 11 is 0. The maximum Gasteiger partial charge on any atom is 0.275 e. The van der Waals surface area contributed by atoms with Crippen molar-refractivity contribution in [3.05, 3.63) is 48.2 Å². The van der Waals surface area contributed by atoms with Gasteiger partial charge in [-0.3, -0.25) is 4.79 Å². The predicted molar refractivity (Wildman–Crippen MR) is 94.5 cm³/mol. The third-order valence-corrected chi connectivity index (χ3v) is 4.48. The van der Waals surface area contributed by atoms with Crippen LogP contribution in [0.3, 0.4) is 0 Å². The lowest BCUT2D eigenvalue weighted by atomic mass is 9.98. The predicted octanol–water partition coefficient (Wildman–Crippen LogP) is 2.67. The lowest BCUT2D eigenvalue weighted by molar-refractivity contribution is 0.0735. The van der Waals surface area contributed by atoms with Crippen molar-refractivity contribution >= 4 is 5.91 Å². The van der Waals surface area contributed by atoms with Crippen molar-refractivity contribution < 1.29 is 13.9 Å². The molecule has 0 aliphatic carbocycles. The first kappa shape index (κ1) is 17.5. The molecular weight excluding hydrogens is 318 g/mol. The number of nitrogens with zero attached hydrogens (tertiary/aromatic N) is 3. The van der Waals surface area contributed by atoms with Crippen LogP contribution in [0.25, 0.3) is 0 Å². The summed E-state index contributed by atoms with van der Waals surface area (Å²) in [6.45, 7) is 3.12. The van der Waals surface area contributed by atoms with Crippen molar-refractivity contribution in [3.63, 3.8) is 0 Å². The van der Waals surface area contributed by atoms with Crippen LogP contribution in [0.5, 0.6) is 5.75 Å². The Kier molecular flexibility index (Phi) is 5.71. The molecule has 1 aromatic carbocycles. The van der Waals surface area contributed by atoms with E-state index in [9.17, 15) is 4.79 Å². The van der Waals surface area contributed by atoms with Crippen LogP contribution in [0.15, 0.2) is 41.0 Å². The number of rotatable bonds is 6. The van der Waals surface area contributed by atoms with Crippen LogP contribution in [0, 0.1) is 5.92 Å². The van der Waals surface area contributed by atoms with Crippen LogP contribution in [-0.4, -0.2) is 54.4 Å². The maximum absolute atomic E-state index is 12.5. The lowest BCUT2D eigenvalue weighted by Gasteiger charge is -2.32. The van der Waals surface area contributed by atoms with Crippen molar-refractivity contribution in [2.24, 2.45) is 5.92 Å². The highest BCUT2D eigenvalue weighted by molar-refractivity contribution is 5.91. The maximum atomic E-state index is 12.5. The molecule has 25 heavy (non-hydrogen) atoms. The minimum absolute atomic E-state index is 0.108. The van der Waals surface area contributed by atoms with Crippen molar-refractivity contribution in [1.82, 2.24) is 14.8 Å². The fraction of sp³-hybridized carbons (Fsp3) is 0.474. The largest absolute Gasteiger partial charge is 0.484 e. The molecule has 0 unspecified atom stereocenters. The molecule has 0 spiro atoms. The van der Waals surface area contributed by atoms with Gasteiger partial charge in [0.1, 0.15) is 12.0 Å². The quantitative estimate of drug-likeness (QED) is 0.807. The van der Waals surface area contributed by atoms with Crippen molar-refractivity contribution in [2.75, 3.05) is 33.7 Å². The molecule has 6 nitrogen and oxygen atoms in total. The van der Waals surface area contributed by atoms with Crippen LogP contribution in [0.4, 0.5) is 0 Å². The molecule has 1 aliphatic heterocycles. The summed E-state index contributed by atoms with van der Waals surface area (Å²) in [6, 6.07) is 9.46. The van der Waals surface area contributed by atoms with Gasteiger partial charge in [-0.25, -0.2) is 4.98 Å². The summed E-state index contributed by atoms with van der Waals surface area (Å²) in [7, 11) is 3.95. The Morgan fingerprint density at radius 3 is 2.96 bits per heavy atom. The SMILES string of the molecule is CN1CCC[C@@H](CN(C)C(=O)c2coc(COc3ccccc3)n2)C1. The fourth-order valence-corrected chi connectivity index (χ4v) is 3.23. The van der Waals surface area contributed by atoms with Gasteiger partial charge in [-0.2, -0.15) is 0 Å². The Labute approximate surface area is 148 Å². The van der Waals surface area contributed by atoms with E-state index in [2.05, 4.69) is 16.9 Å². The molecule has 1 fully saturated rings. The van der Waals surface area contributed by atoms with Gasteiger partial charge in [0.2, 0.25) is 5.89 Å². The molecule has 1 saturated heterocycles. The van der Waals surface area contributed by atoms with E-state index in [1.54, 1.807) is 4.90 Å². The van der Waals surface area contributed by atoms with E-state index in [1.807, 2.05) is 37.4 Å². The first-order valence-electron chi connectivity index (χ1n) is 8.68. The summed E-state index contributed by atoms with van der Waals surface area (Å²) < 4.78 is 11.0. The Hall–Kier alpha value is -2.34. The van der Waals surface area contributed by atoms with E-state index >= 15 is 0 Å². The number of hydrogen-bond donors (Lipinski definition) is 0. The van der Waals surface area contributed by atoms with Gasteiger partial charge in [-0.15, -0.1) is 0 Å². The first-order chi connectivity index (χ1) is 12.1. The second-order valence-corrected chi connectivity index (χ2v) is 6.68. The van der Waals surface area contributed by atoms with Gasteiger partial charge in [-0.1, -0.05) is 18.2 Å². The molecule has 1 aliphatic rings. The van der Waals surface area contributed by atoms with Gasteiger partial charge in [0.05, 0.1) is 0 Å². The molecular formula is C19H25N3O3. The number of benzene rings is 1. The number of ether oxygens (including phenoxy) is 1. The summed E-state index contributed by atoms with van der Waals surface area (Å²) in [5, 5.41) is 0. The molecule has 3 rings (SSSR count). The van der Waals surface area contributed by atoms with Crippen LogP contribution >= 0.6 is 0 Å². The number of aromatic nitrogens is 1. The van der Waals surface area contributed by atoms with Crippen LogP contribution in [0.1, 0.15) is 29.2 Å². The van der Waals surface area contributed by atoms with Crippen LogP contribution in [-0.2, 0) is 6.61 Å². The molecule has 1 aromatic heterocycles. The molecule has 1 amide bonds. The lowest BCUT2D eigenvalue weighted by Crippen LogP contribution is -2.40. The van der Waals surface area contributed by atoms with Gasteiger partial charge in [-0.05, 0) is 44.5 Å². The molecule has 6 heteroatoms. The molecule has 0 saturated carbocycles. The zero-order valence-electron chi connectivity index (χ0n) is 14.9. The molecule has 0 radical (unpaired) electrons. The number of amides is 1. The topological polar surface area (TPSA) is 58.8 Å². The van der Waals surface area contributed by atoms with Gasteiger partial charge in [0.15, 0.2) is 12.3 Å². The molecule has 0 N–H and O–H groups in total. The van der Waals surface area contributed by atoms with E-state index in [0.29, 0.717) is 17.5 Å². The molecule has 0 bridgehead atoms. The molecule has 2 heterocycles. The summed E-state index contributed by atoms with van der Waals surface area (Å²) in [6.07, 6.45) is 3.76. The molecule has 2 aromatic rings. The number of para-hydroxylation sites is 1. The first-order valence-corrected chi connectivity index (χ1v) is 8.68. The second-order valence-electron chi connectivity index (χ2n) is 6.68. The highest BCUT2D eigenvalue weighted by Gasteiger charge is 2.23. The van der Waals surface area contributed by atoms with E-state index in [1.165, 1.54) is 12.7 Å².